The Morgan fingerprint density at radius 3 is 2.50 bits per heavy atom. The number of benzene rings is 1. The van der Waals surface area contributed by atoms with Crippen LogP contribution >= 0.6 is 0 Å². The molecule has 0 unspecified atom stereocenters. The summed E-state index contributed by atoms with van der Waals surface area (Å²) in [7, 11) is 0. The van der Waals surface area contributed by atoms with Crippen LogP contribution in [-0.4, -0.2) is 21.6 Å². The Bertz CT molecular complexity index is 617. The standard InChI is InChI=1S/C15H16N2O3/c1-2-13-12(15(19)20)8-9-17(13)10-14(18)16-11-6-4-3-5-7-11/h3-9H,2,10H2,1H3,(H,16,18)(H,19,20). The molecule has 0 saturated carbocycles. The fourth-order valence-electron chi connectivity index (χ4n) is 2.12. The molecule has 0 aliphatic heterocycles. The molecule has 0 saturated heterocycles. The third-order valence-corrected chi connectivity index (χ3v) is 3.02. The maximum absolute atomic E-state index is 11.9. The van der Waals surface area contributed by atoms with E-state index in [0.29, 0.717) is 12.1 Å². The van der Waals surface area contributed by atoms with E-state index in [1.165, 1.54) is 6.07 Å². The second kappa shape index (κ2) is 6.06. The van der Waals surface area contributed by atoms with Crippen molar-refractivity contribution in [1.82, 2.24) is 4.57 Å². The summed E-state index contributed by atoms with van der Waals surface area (Å²) in [6.07, 6.45) is 2.19. The average Bonchev–Trinajstić information content (AvgIpc) is 2.82. The molecule has 1 amide bonds. The second-order valence-electron chi connectivity index (χ2n) is 4.38. The molecule has 5 heteroatoms. The number of amides is 1. The molecular weight excluding hydrogens is 256 g/mol. The van der Waals surface area contributed by atoms with Gasteiger partial charge in [-0.05, 0) is 24.6 Å². The van der Waals surface area contributed by atoms with Crippen molar-refractivity contribution in [3.05, 3.63) is 53.9 Å². The molecule has 0 radical (unpaired) electrons. The van der Waals surface area contributed by atoms with Crippen molar-refractivity contribution >= 4 is 17.6 Å². The van der Waals surface area contributed by atoms with Crippen LogP contribution in [0.3, 0.4) is 0 Å². The smallest absolute Gasteiger partial charge is 0.337 e. The molecule has 2 rings (SSSR count). The zero-order valence-corrected chi connectivity index (χ0v) is 11.2. The molecule has 5 nitrogen and oxygen atoms in total. The molecule has 0 spiro atoms. The highest BCUT2D eigenvalue weighted by Crippen LogP contribution is 2.13. The highest BCUT2D eigenvalue weighted by molar-refractivity contribution is 5.92. The normalized spacial score (nSPS) is 10.2. The largest absolute Gasteiger partial charge is 0.478 e. The Hall–Kier alpha value is -2.56. The molecule has 2 aromatic rings. The van der Waals surface area contributed by atoms with Gasteiger partial charge in [-0.25, -0.2) is 4.79 Å². The minimum atomic E-state index is -0.968. The van der Waals surface area contributed by atoms with E-state index in [1.54, 1.807) is 22.9 Å². The number of nitrogens with one attached hydrogen (secondary N) is 1. The average molecular weight is 272 g/mol. The summed E-state index contributed by atoms with van der Waals surface area (Å²) < 4.78 is 1.67. The number of hydrogen-bond donors (Lipinski definition) is 2. The number of carbonyl (C=O) groups is 2. The summed E-state index contributed by atoms with van der Waals surface area (Å²) in [4.78, 5) is 23.0. The fraction of sp³-hybridized carbons (Fsp3) is 0.200. The van der Waals surface area contributed by atoms with Crippen LogP contribution in [0.2, 0.25) is 0 Å². The molecule has 20 heavy (non-hydrogen) atoms. The lowest BCUT2D eigenvalue weighted by atomic mass is 10.2. The van der Waals surface area contributed by atoms with Gasteiger partial charge in [0.25, 0.3) is 0 Å². The summed E-state index contributed by atoms with van der Waals surface area (Å²) in [5.41, 5.74) is 1.63. The van der Waals surface area contributed by atoms with Crippen molar-refractivity contribution in [2.45, 2.75) is 19.9 Å². The number of rotatable bonds is 5. The molecule has 0 fully saturated rings. The lowest BCUT2D eigenvalue weighted by Crippen LogP contribution is -2.20. The fourth-order valence-corrected chi connectivity index (χ4v) is 2.12. The van der Waals surface area contributed by atoms with E-state index in [0.717, 1.165) is 5.69 Å². The van der Waals surface area contributed by atoms with Crippen LogP contribution in [0, 0.1) is 0 Å². The van der Waals surface area contributed by atoms with E-state index in [4.69, 9.17) is 5.11 Å². The van der Waals surface area contributed by atoms with Gasteiger partial charge >= 0.3 is 5.97 Å². The van der Waals surface area contributed by atoms with Crippen molar-refractivity contribution in [3.8, 4) is 0 Å². The molecule has 0 aliphatic carbocycles. The quantitative estimate of drug-likeness (QED) is 0.877. The highest BCUT2D eigenvalue weighted by atomic mass is 16.4. The van der Waals surface area contributed by atoms with Gasteiger partial charge in [0.1, 0.15) is 6.54 Å². The number of carboxylic acids is 1. The number of hydrogen-bond acceptors (Lipinski definition) is 2. The predicted molar refractivity (Wildman–Crippen MR) is 75.8 cm³/mol. The Morgan fingerprint density at radius 2 is 1.90 bits per heavy atom. The SMILES string of the molecule is CCc1c(C(=O)O)ccn1CC(=O)Nc1ccccc1. The van der Waals surface area contributed by atoms with Crippen molar-refractivity contribution in [1.29, 1.82) is 0 Å². The van der Waals surface area contributed by atoms with E-state index in [-0.39, 0.29) is 18.0 Å². The maximum atomic E-state index is 11.9. The van der Waals surface area contributed by atoms with E-state index in [2.05, 4.69) is 5.32 Å². The van der Waals surface area contributed by atoms with Gasteiger partial charge in [0.2, 0.25) is 5.91 Å². The maximum Gasteiger partial charge on any atom is 0.337 e. The van der Waals surface area contributed by atoms with Gasteiger partial charge < -0.3 is 15.0 Å². The van der Waals surface area contributed by atoms with Crippen LogP contribution in [0.5, 0.6) is 0 Å². The first-order valence-electron chi connectivity index (χ1n) is 6.38. The van der Waals surface area contributed by atoms with Crippen LogP contribution in [0.15, 0.2) is 42.6 Å². The van der Waals surface area contributed by atoms with Crippen molar-refractivity contribution in [2.24, 2.45) is 0 Å². The Balaban J connectivity index is 2.10. The number of carbonyl (C=O) groups excluding carboxylic acids is 1. The number of aromatic nitrogens is 1. The summed E-state index contributed by atoms with van der Waals surface area (Å²) in [5, 5.41) is 11.8. The van der Waals surface area contributed by atoms with E-state index < -0.39 is 5.97 Å². The first-order chi connectivity index (χ1) is 9.61. The van der Waals surface area contributed by atoms with Crippen molar-refractivity contribution in [2.75, 3.05) is 5.32 Å². The van der Waals surface area contributed by atoms with Crippen LogP contribution in [-0.2, 0) is 17.8 Å². The molecule has 0 atom stereocenters. The molecule has 1 heterocycles. The minimum absolute atomic E-state index is 0.103. The second-order valence-corrected chi connectivity index (χ2v) is 4.38. The molecule has 1 aromatic carbocycles. The van der Waals surface area contributed by atoms with Gasteiger partial charge in [0.15, 0.2) is 0 Å². The molecule has 0 aliphatic rings. The zero-order valence-electron chi connectivity index (χ0n) is 11.2. The number of nitrogens with zero attached hydrogens (tertiary/aromatic N) is 1. The van der Waals surface area contributed by atoms with Crippen LogP contribution < -0.4 is 5.32 Å². The third-order valence-electron chi connectivity index (χ3n) is 3.02. The minimum Gasteiger partial charge on any atom is -0.478 e. The van der Waals surface area contributed by atoms with Crippen LogP contribution in [0.4, 0.5) is 5.69 Å². The van der Waals surface area contributed by atoms with Crippen LogP contribution in [0.1, 0.15) is 23.0 Å². The number of aromatic carboxylic acids is 1. The predicted octanol–water partition coefficient (Wildman–Crippen LogP) is 2.39. The van der Waals surface area contributed by atoms with Gasteiger partial charge in [-0.3, -0.25) is 4.79 Å². The lowest BCUT2D eigenvalue weighted by molar-refractivity contribution is -0.116. The molecule has 1 aromatic heterocycles. The van der Waals surface area contributed by atoms with Gasteiger partial charge in [-0.1, -0.05) is 25.1 Å². The first-order valence-corrected chi connectivity index (χ1v) is 6.38. The summed E-state index contributed by atoms with van der Waals surface area (Å²) >= 11 is 0. The summed E-state index contributed by atoms with van der Waals surface area (Å²) in [5.74, 6) is -1.15. The Morgan fingerprint density at radius 1 is 1.20 bits per heavy atom. The molecular formula is C15H16N2O3. The molecule has 2 N–H and O–H groups in total. The van der Waals surface area contributed by atoms with Gasteiger partial charge in [-0.15, -0.1) is 0 Å². The van der Waals surface area contributed by atoms with E-state index >= 15 is 0 Å². The van der Waals surface area contributed by atoms with Gasteiger partial charge in [-0.2, -0.15) is 0 Å². The highest BCUT2D eigenvalue weighted by Gasteiger charge is 2.15. The van der Waals surface area contributed by atoms with Crippen LogP contribution in [0.25, 0.3) is 0 Å². The van der Waals surface area contributed by atoms with Gasteiger partial charge in [0.05, 0.1) is 5.56 Å². The number of carboxylic acid groups (broad SMARTS) is 1. The third kappa shape index (κ3) is 3.06. The van der Waals surface area contributed by atoms with Crippen molar-refractivity contribution < 1.29 is 14.7 Å². The molecule has 104 valence electrons. The van der Waals surface area contributed by atoms with E-state index in [1.807, 2.05) is 25.1 Å². The summed E-state index contributed by atoms with van der Waals surface area (Å²) in [6, 6.07) is 10.7. The summed E-state index contributed by atoms with van der Waals surface area (Å²) in [6.45, 7) is 1.97. The number of para-hydroxylation sites is 1. The van der Waals surface area contributed by atoms with Gasteiger partial charge in [0, 0.05) is 17.6 Å². The first kappa shape index (κ1) is 13.9. The zero-order chi connectivity index (χ0) is 14.5. The topological polar surface area (TPSA) is 71.3 Å². The van der Waals surface area contributed by atoms with Crippen molar-refractivity contribution in [3.63, 3.8) is 0 Å². The lowest BCUT2D eigenvalue weighted by Gasteiger charge is -2.09. The monoisotopic (exact) mass is 272 g/mol. The Kier molecular flexibility index (Phi) is 4.20. The van der Waals surface area contributed by atoms with E-state index in [9.17, 15) is 9.59 Å². The Labute approximate surface area is 116 Å². The molecule has 0 bridgehead atoms. The number of anilines is 1.